The first kappa shape index (κ1) is 13.4. The number of ether oxygens (including phenoxy) is 1. The Hall–Kier alpha value is -1.67. The molecule has 1 aromatic rings. The van der Waals surface area contributed by atoms with E-state index in [4.69, 9.17) is 9.84 Å². The van der Waals surface area contributed by atoms with E-state index in [1.165, 1.54) is 11.3 Å². The molecule has 0 bridgehead atoms. The van der Waals surface area contributed by atoms with E-state index in [1.807, 2.05) is 0 Å². The van der Waals surface area contributed by atoms with Gasteiger partial charge < -0.3 is 20.5 Å². The van der Waals surface area contributed by atoms with Gasteiger partial charge in [-0.15, -0.1) is 11.3 Å². The zero-order chi connectivity index (χ0) is 12.5. The van der Waals surface area contributed by atoms with Crippen molar-refractivity contribution in [2.75, 3.05) is 19.8 Å². The monoisotopic (exact) mass is 259 g/mol. The predicted octanol–water partition coefficient (Wildman–Crippen LogP) is 0.0435. The number of hydrogen-bond acceptors (Lipinski definition) is 5. The van der Waals surface area contributed by atoms with Gasteiger partial charge in [0.2, 0.25) is 0 Å². The van der Waals surface area contributed by atoms with Gasteiger partial charge in [-0.1, -0.05) is 0 Å². The molecule has 7 nitrogen and oxygen atoms in total. The molecule has 2 amide bonds. The highest BCUT2D eigenvalue weighted by Crippen LogP contribution is 2.03. The third kappa shape index (κ3) is 6.48. The summed E-state index contributed by atoms with van der Waals surface area (Å²) in [5.41, 5.74) is 1.69. The van der Waals surface area contributed by atoms with Gasteiger partial charge in [-0.25, -0.2) is 9.59 Å². The molecule has 0 aliphatic heterocycles. The second-order valence-electron chi connectivity index (χ2n) is 3.02. The van der Waals surface area contributed by atoms with Crippen molar-refractivity contribution in [3.8, 4) is 0 Å². The summed E-state index contributed by atoms with van der Waals surface area (Å²) in [5, 5.41) is 13.5. The van der Waals surface area contributed by atoms with Gasteiger partial charge in [-0.3, -0.25) is 4.98 Å². The van der Waals surface area contributed by atoms with Crippen LogP contribution in [0.3, 0.4) is 0 Å². The molecule has 0 saturated carbocycles. The summed E-state index contributed by atoms with van der Waals surface area (Å²) in [6.45, 7) is 0.499. The molecule has 17 heavy (non-hydrogen) atoms. The number of aliphatic carboxylic acids is 1. The van der Waals surface area contributed by atoms with Crippen LogP contribution >= 0.6 is 11.3 Å². The lowest BCUT2D eigenvalue weighted by Crippen LogP contribution is -2.36. The average Bonchev–Trinajstić information content (AvgIpc) is 2.78. The first-order chi connectivity index (χ1) is 8.18. The Labute approximate surface area is 102 Å². The van der Waals surface area contributed by atoms with Gasteiger partial charge >= 0.3 is 12.0 Å². The van der Waals surface area contributed by atoms with Crippen molar-refractivity contribution in [3.05, 3.63) is 16.6 Å². The Balaban J connectivity index is 2.00. The number of nitrogens with one attached hydrogen (secondary N) is 2. The van der Waals surface area contributed by atoms with E-state index in [-0.39, 0.29) is 25.8 Å². The van der Waals surface area contributed by atoms with E-state index >= 15 is 0 Å². The molecule has 3 N–H and O–H groups in total. The van der Waals surface area contributed by atoms with Crippen LogP contribution in [0.5, 0.6) is 0 Å². The van der Waals surface area contributed by atoms with E-state index < -0.39 is 5.97 Å². The largest absolute Gasteiger partial charge is 0.480 e. The van der Waals surface area contributed by atoms with Crippen molar-refractivity contribution in [3.63, 3.8) is 0 Å². The number of amides is 2. The minimum atomic E-state index is -1.03. The molecular weight excluding hydrogens is 246 g/mol. The topological polar surface area (TPSA) is 101 Å². The second-order valence-corrected chi connectivity index (χ2v) is 3.99. The summed E-state index contributed by atoms with van der Waals surface area (Å²) in [7, 11) is 0. The van der Waals surface area contributed by atoms with Gasteiger partial charge in [-0.05, 0) is 0 Å². The molecule has 0 aromatic carbocycles. The number of hydrogen-bond donors (Lipinski definition) is 3. The van der Waals surface area contributed by atoms with Crippen molar-refractivity contribution < 1.29 is 19.4 Å². The number of thiazole rings is 1. The molecule has 0 fully saturated rings. The lowest BCUT2D eigenvalue weighted by molar-refractivity contribution is -0.142. The maximum absolute atomic E-state index is 11.2. The standard InChI is InChI=1S/C9H13N3O4S/c13-8(14)5-16-2-1-11-9(15)12-4-7-3-10-6-17-7/h3,6H,1-2,4-5H2,(H,13,14)(H2,11,12,15). The van der Waals surface area contributed by atoms with Gasteiger partial charge in [-0.2, -0.15) is 0 Å². The van der Waals surface area contributed by atoms with E-state index in [1.54, 1.807) is 11.7 Å². The Kier molecular flexibility index (Phi) is 5.97. The molecule has 0 saturated heterocycles. The van der Waals surface area contributed by atoms with E-state index in [0.29, 0.717) is 6.54 Å². The highest BCUT2D eigenvalue weighted by molar-refractivity contribution is 7.09. The summed E-state index contributed by atoms with van der Waals surface area (Å²) < 4.78 is 4.75. The van der Waals surface area contributed by atoms with Crippen LogP contribution < -0.4 is 10.6 Å². The fourth-order valence-corrected chi connectivity index (χ4v) is 1.49. The van der Waals surface area contributed by atoms with E-state index in [9.17, 15) is 9.59 Å². The van der Waals surface area contributed by atoms with Crippen LogP contribution in [0.4, 0.5) is 4.79 Å². The zero-order valence-electron chi connectivity index (χ0n) is 9.01. The molecule has 0 aliphatic carbocycles. The minimum absolute atomic E-state index is 0.167. The van der Waals surface area contributed by atoms with Crippen molar-refractivity contribution in [2.24, 2.45) is 0 Å². The van der Waals surface area contributed by atoms with E-state index in [0.717, 1.165) is 4.88 Å². The van der Waals surface area contributed by atoms with Gasteiger partial charge in [0.05, 0.1) is 18.7 Å². The number of carboxylic acid groups (broad SMARTS) is 1. The summed E-state index contributed by atoms with van der Waals surface area (Å²) in [6.07, 6.45) is 1.68. The first-order valence-electron chi connectivity index (χ1n) is 4.87. The SMILES string of the molecule is O=C(O)COCCNC(=O)NCc1cncs1. The van der Waals surface area contributed by atoms with Crippen molar-refractivity contribution in [1.29, 1.82) is 0 Å². The number of carbonyl (C=O) groups excluding carboxylic acids is 1. The summed E-state index contributed by atoms with van der Waals surface area (Å²) in [4.78, 5) is 26.2. The quantitative estimate of drug-likeness (QED) is 0.600. The molecule has 0 aliphatic rings. The summed E-state index contributed by atoms with van der Waals surface area (Å²) >= 11 is 1.46. The molecule has 0 spiro atoms. The molecule has 0 radical (unpaired) electrons. The maximum Gasteiger partial charge on any atom is 0.329 e. The number of carbonyl (C=O) groups is 2. The van der Waals surface area contributed by atoms with Crippen LogP contribution in [0.15, 0.2) is 11.7 Å². The highest BCUT2D eigenvalue weighted by atomic mass is 32.1. The van der Waals surface area contributed by atoms with Gasteiger partial charge in [0.1, 0.15) is 6.61 Å². The van der Waals surface area contributed by atoms with Crippen molar-refractivity contribution in [1.82, 2.24) is 15.6 Å². The lowest BCUT2D eigenvalue weighted by Gasteiger charge is -2.06. The molecule has 1 aromatic heterocycles. The Bertz CT molecular complexity index is 355. The molecular formula is C9H13N3O4S. The fourth-order valence-electron chi connectivity index (χ4n) is 0.956. The van der Waals surface area contributed by atoms with Crippen LogP contribution in [0.2, 0.25) is 0 Å². The van der Waals surface area contributed by atoms with Gasteiger partial charge in [0.25, 0.3) is 0 Å². The smallest absolute Gasteiger partial charge is 0.329 e. The van der Waals surface area contributed by atoms with Crippen LogP contribution in [0.25, 0.3) is 0 Å². The molecule has 94 valence electrons. The number of nitrogens with zero attached hydrogens (tertiary/aromatic N) is 1. The second kappa shape index (κ2) is 7.58. The Morgan fingerprint density at radius 2 is 2.29 bits per heavy atom. The Morgan fingerprint density at radius 1 is 1.47 bits per heavy atom. The number of aromatic nitrogens is 1. The third-order valence-electron chi connectivity index (χ3n) is 1.66. The van der Waals surface area contributed by atoms with Gasteiger partial charge in [0, 0.05) is 17.6 Å². The number of rotatable bonds is 7. The molecule has 8 heteroatoms. The van der Waals surface area contributed by atoms with Crippen molar-refractivity contribution >= 4 is 23.3 Å². The fraction of sp³-hybridized carbons (Fsp3) is 0.444. The summed E-state index contributed by atoms with van der Waals surface area (Å²) in [6, 6.07) is -0.322. The third-order valence-corrected chi connectivity index (χ3v) is 2.44. The predicted molar refractivity (Wildman–Crippen MR) is 60.8 cm³/mol. The molecule has 0 atom stereocenters. The number of carboxylic acids is 1. The van der Waals surface area contributed by atoms with E-state index in [2.05, 4.69) is 15.6 Å². The van der Waals surface area contributed by atoms with Crippen molar-refractivity contribution in [2.45, 2.75) is 6.54 Å². The lowest BCUT2D eigenvalue weighted by atomic mass is 10.5. The van der Waals surface area contributed by atoms with Gasteiger partial charge in [0.15, 0.2) is 0 Å². The summed E-state index contributed by atoms with van der Waals surface area (Å²) in [5.74, 6) is -1.03. The van der Waals surface area contributed by atoms with Crippen LogP contribution in [-0.4, -0.2) is 41.8 Å². The highest BCUT2D eigenvalue weighted by Gasteiger charge is 2.01. The zero-order valence-corrected chi connectivity index (χ0v) is 9.83. The van der Waals surface area contributed by atoms with Crippen LogP contribution in [0, 0.1) is 0 Å². The molecule has 0 unspecified atom stereocenters. The Morgan fingerprint density at radius 3 is 2.94 bits per heavy atom. The van der Waals surface area contributed by atoms with Crippen LogP contribution in [-0.2, 0) is 16.1 Å². The normalized spacial score (nSPS) is 9.88. The molecule has 1 heterocycles. The maximum atomic E-state index is 11.2. The number of urea groups is 1. The van der Waals surface area contributed by atoms with Crippen LogP contribution in [0.1, 0.15) is 4.88 Å². The molecule has 1 rings (SSSR count). The minimum Gasteiger partial charge on any atom is -0.480 e. The first-order valence-corrected chi connectivity index (χ1v) is 5.75. The average molecular weight is 259 g/mol.